The second-order valence-corrected chi connectivity index (χ2v) is 6.79. The molecule has 128 valence electrons. The van der Waals surface area contributed by atoms with Crippen molar-refractivity contribution in [1.29, 1.82) is 0 Å². The van der Waals surface area contributed by atoms with E-state index in [9.17, 15) is 4.79 Å². The van der Waals surface area contributed by atoms with E-state index in [2.05, 4.69) is 41.3 Å². The minimum atomic E-state index is -0.0965. The van der Waals surface area contributed by atoms with Gasteiger partial charge in [0.2, 0.25) is 0 Å². The van der Waals surface area contributed by atoms with Crippen molar-refractivity contribution in [3.8, 4) is 10.6 Å². The van der Waals surface area contributed by atoms with Crippen LogP contribution in [0.2, 0.25) is 0 Å². The van der Waals surface area contributed by atoms with E-state index in [-0.39, 0.29) is 5.91 Å². The second-order valence-electron chi connectivity index (χ2n) is 5.79. The molecule has 0 fully saturated rings. The highest BCUT2D eigenvalue weighted by molar-refractivity contribution is 7.17. The zero-order chi connectivity index (χ0) is 17.8. The van der Waals surface area contributed by atoms with Crippen molar-refractivity contribution in [1.82, 2.24) is 9.97 Å². The third-order valence-electron chi connectivity index (χ3n) is 4.15. The van der Waals surface area contributed by atoms with Crippen molar-refractivity contribution in [2.45, 2.75) is 33.6 Å². The molecule has 0 saturated carbocycles. The molecule has 5 heteroatoms. The first kappa shape index (κ1) is 17.3. The van der Waals surface area contributed by atoms with Crippen molar-refractivity contribution in [3.05, 3.63) is 64.4 Å². The summed E-state index contributed by atoms with van der Waals surface area (Å²) in [7, 11) is 0. The van der Waals surface area contributed by atoms with Crippen molar-refractivity contribution < 1.29 is 4.79 Å². The number of benzene rings is 1. The lowest BCUT2D eigenvalue weighted by Gasteiger charge is -2.14. The summed E-state index contributed by atoms with van der Waals surface area (Å²) < 4.78 is 0. The Bertz CT molecular complexity index is 865. The number of pyridine rings is 1. The van der Waals surface area contributed by atoms with Gasteiger partial charge in [-0.2, -0.15) is 0 Å². The Morgan fingerprint density at radius 3 is 2.44 bits per heavy atom. The summed E-state index contributed by atoms with van der Waals surface area (Å²) in [6.45, 7) is 6.07. The lowest BCUT2D eigenvalue weighted by Crippen LogP contribution is -2.14. The van der Waals surface area contributed by atoms with Crippen molar-refractivity contribution in [3.63, 3.8) is 0 Å². The van der Waals surface area contributed by atoms with Crippen molar-refractivity contribution in [2.24, 2.45) is 0 Å². The molecule has 0 aliphatic carbocycles. The van der Waals surface area contributed by atoms with Gasteiger partial charge in [-0.3, -0.25) is 9.78 Å². The van der Waals surface area contributed by atoms with Crippen LogP contribution in [0.15, 0.2) is 42.7 Å². The van der Waals surface area contributed by atoms with Crippen LogP contribution in [0.25, 0.3) is 10.6 Å². The van der Waals surface area contributed by atoms with Crippen molar-refractivity contribution in [2.75, 3.05) is 5.32 Å². The minimum absolute atomic E-state index is 0.0965. The number of rotatable bonds is 5. The highest BCUT2D eigenvalue weighted by Gasteiger charge is 2.18. The number of hydrogen-bond acceptors (Lipinski definition) is 4. The van der Waals surface area contributed by atoms with E-state index in [1.54, 1.807) is 12.4 Å². The molecule has 2 aromatic heterocycles. The van der Waals surface area contributed by atoms with Crippen LogP contribution in [0.1, 0.15) is 40.3 Å². The van der Waals surface area contributed by atoms with Crippen LogP contribution in [-0.4, -0.2) is 15.9 Å². The highest BCUT2D eigenvalue weighted by Crippen LogP contribution is 2.29. The van der Waals surface area contributed by atoms with E-state index < -0.39 is 0 Å². The van der Waals surface area contributed by atoms with Gasteiger partial charge in [0.05, 0.1) is 5.69 Å². The molecule has 1 aromatic carbocycles. The van der Waals surface area contributed by atoms with Gasteiger partial charge >= 0.3 is 0 Å². The fraction of sp³-hybridized carbons (Fsp3) is 0.250. The quantitative estimate of drug-likeness (QED) is 0.712. The molecule has 25 heavy (non-hydrogen) atoms. The number of nitrogens with one attached hydrogen (secondary N) is 1. The standard InChI is InChI=1S/C20H21N3OS/c1-4-14-8-6-9-15(5-2)17(14)23-19(24)18-13(3)22-20(25-18)16-10-7-11-21-12-16/h6-12H,4-5H2,1-3H3,(H,23,24). The Hall–Kier alpha value is -2.53. The fourth-order valence-corrected chi connectivity index (χ4v) is 3.74. The number of carbonyl (C=O) groups excluding carboxylic acids is 1. The van der Waals surface area contributed by atoms with E-state index in [0.29, 0.717) is 4.88 Å². The Morgan fingerprint density at radius 2 is 1.84 bits per heavy atom. The number of aromatic nitrogens is 2. The third kappa shape index (κ3) is 3.61. The number of amides is 1. The van der Waals surface area contributed by atoms with E-state index in [0.717, 1.165) is 45.9 Å². The number of para-hydroxylation sites is 1. The van der Waals surface area contributed by atoms with Gasteiger partial charge in [0.25, 0.3) is 5.91 Å². The predicted molar refractivity (Wildman–Crippen MR) is 103 cm³/mol. The van der Waals surface area contributed by atoms with E-state index in [4.69, 9.17) is 0 Å². The van der Waals surface area contributed by atoms with Crippen LogP contribution in [0.4, 0.5) is 5.69 Å². The normalized spacial score (nSPS) is 10.7. The largest absolute Gasteiger partial charge is 0.321 e. The van der Waals surface area contributed by atoms with Crippen LogP contribution in [0.3, 0.4) is 0 Å². The molecule has 2 heterocycles. The molecule has 0 aliphatic rings. The molecule has 0 unspecified atom stereocenters. The molecule has 3 rings (SSSR count). The van der Waals surface area contributed by atoms with Crippen LogP contribution in [-0.2, 0) is 12.8 Å². The molecule has 1 N–H and O–H groups in total. The SMILES string of the molecule is CCc1cccc(CC)c1NC(=O)c1sc(-c2cccnc2)nc1C. The zero-order valence-electron chi connectivity index (χ0n) is 14.7. The Balaban J connectivity index is 1.92. The Kier molecular flexibility index (Phi) is 5.24. The highest BCUT2D eigenvalue weighted by atomic mass is 32.1. The predicted octanol–water partition coefficient (Wildman–Crippen LogP) is 4.89. The molecule has 0 spiro atoms. The monoisotopic (exact) mass is 351 g/mol. The van der Waals surface area contributed by atoms with Crippen LogP contribution < -0.4 is 5.32 Å². The molecule has 0 saturated heterocycles. The average molecular weight is 351 g/mol. The maximum Gasteiger partial charge on any atom is 0.267 e. The van der Waals surface area contributed by atoms with Gasteiger partial charge in [-0.05, 0) is 43.0 Å². The van der Waals surface area contributed by atoms with Gasteiger partial charge in [0.15, 0.2) is 0 Å². The van der Waals surface area contributed by atoms with Gasteiger partial charge in [-0.1, -0.05) is 32.0 Å². The zero-order valence-corrected chi connectivity index (χ0v) is 15.5. The van der Waals surface area contributed by atoms with Crippen molar-refractivity contribution >= 4 is 22.9 Å². The maximum absolute atomic E-state index is 12.9. The summed E-state index contributed by atoms with van der Waals surface area (Å²) in [5.74, 6) is -0.0965. The molecule has 0 bridgehead atoms. The van der Waals surface area contributed by atoms with Gasteiger partial charge in [-0.25, -0.2) is 4.98 Å². The summed E-state index contributed by atoms with van der Waals surface area (Å²) in [6.07, 6.45) is 5.26. The fourth-order valence-electron chi connectivity index (χ4n) is 2.79. The molecular weight excluding hydrogens is 330 g/mol. The molecule has 0 atom stereocenters. The summed E-state index contributed by atoms with van der Waals surface area (Å²) in [4.78, 5) is 22.2. The van der Waals surface area contributed by atoms with E-state index >= 15 is 0 Å². The molecule has 3 aromatic rings. The topological polar surface area (TPSA) is 54.9 Å². The smallest absolute Gasteiger partial charge is 0.267 e. The molecule has 1 amide bonds. The van der Waals surface area contributed by atoms with Gasteiger partial charge in [0.1, 0.15) is 9.88 Å². The summed E-state index contributed by atoms with van der Waals surface area (Å²) in [6, 6.07) is 10.0. The number of nitrogens with zero attached hydrogens (tertiary/aromatic N) is 2. The first-order valence-corrected chi connectivity index (χ1v) is 9.25. The molecule has 0 radical (unpaired) electrons. The first-order valence-electron chi connectivity index (χ1n) is 8.44. The lowest BCUT2D eigenvalue weighted by molar-refractivity contribution is 0.102. The first-order chi connectivity index (χ1) is 12.1. The summed E-state index contributed by atoms with van der Waals surface area (Å²) in [5.41, 5.74) is 4.92. The van der Waals surface area contributed by atoms with Gasteiger partial charge in [-0.15, -0.1) is 11.3 Å². The molecule has 4 nitrogen and oxygen atoms in total. The molecular formula is C20H21N3OS. The molecule has 0 aliphatic heterocycles. The van der Waals surface area contributed by atoms with Crippen LogP contribution in [0.5, 0.6) is 0 Å². The number of anilines is 1. The third-order valence-corrected chi connectivity index (χ3v) is 5.35. The number of carbonyl (C=O) groups is 1. The van der Waals surface area contributed by atoms with E-state index in [1.165, 1.54) is 11.3 Å². The number of hydrogen-bond donors (Lipinski definition) is 1. The Morgan fingerprint density at radius 1 is 1.12 bits per heavy atom. The maximum atomic E-state index is 12.9. The second kappa shape index (κ2) is 7.57. The Labute approximate surface area is 152 Å². The van der Waals surface area contributed by atoms with Gasteiger partial charge < -0.3 is 5.32 Å². The van der Waals surface area contributed by atoms with Crippen LogP contribution in [0, 0.1) is 6.92 Å². The minimum Gasteiger partial charge on any atom is -0.321 e. The van der Waals surface area contributed by atoms with Crippen LogP contribution >= 0.6 is 11.3 Å². The van der Waals surface area contributed by atoms with Gasteiger partial charge in [0, 0.05) is 23.6 Å². The lowest BCUT2D eigenvalue weighted by atomic mass is 10.0. The van der Waals surface area contributed by atoms with E-state index in [1.807, 2.05) is 25.1 Å². The summed E-state index contributed by atoms with van der Waals surface area (Å²) >= 11 is 1.40. The number of aryl methyl sites for hydroxylation is 3. The summed E-state index contributed by atoms with van der Waals surface area (Å²) in [5, 5.41) is 3.93. The average Bonchev–Trinajstić information content (AvgIpc) is 3.04. The number of thiazole rings is 1.